The number of phenolic OH excluding ortho intramolecular Hbond substituents is 1. The van der Waals surface area contributed by atoms with E-state index in [-0.39, 0.29) is 0 Å². The Hall–Kier alpha value is -1.71. The first-order valence-electron chi connectivity index (χ1n) is 8.43. The van der Waals surface area contributed by atoms with E-state index in [2.05, 4.69) is 5.32 Å². The maximum atomic E-state index is 10.3. The molecule has 0 atom stereocenters. The fourth-order valence-corrected chi connectivity index (χ4v) is 2.45. The van der Waals surface area contributed by atoms with E-state index in [0.29, 0.717) is 12.2 Å². The number of anilines is 1. The normalized spacial score (nSPS) is 10.5. The van der Waals surface area contributed by atoms with Gasteiger partial charge in [-0.2, -0.15) is 0 Å². The van der Waals surface area contributed by atoms with E-state index >= 15 is 0 Å². The van der Waals surface area contributed by atoms with Crippen LogP contribution in [0.2, 0.25) is 0 Å². The summed E-state index contributed by atoms with van der Waals surface area (Å²) >= 11 is 0. The average molecular weight is 307 g/mol. The second-order valence-corrected chi connectivity index (χ2v) is 5.80. The smallest absolute Gasteiger partial charge is 0.303 e. The van der Waals surface area contributed by atoms with E-state index in [1.165, 1.54) is 38.5 Å². The van der Waals surface area contributed by atoms with Crippen molar-refractivity contribution in [3.63, 3.8) is 0 Å². The zero-order valence-corrected chi connectivity index (χ0v) is 13.4. The third-order valence-electron chi connectivity index (χ3n) is 3.76. The Morgan fingerprint density at radius 3 is 1.86 bits per heavy atom. The van der Waals surface area contributed by atoms with Crippen molar-refractivity contribution < 1.29 is 15.0 Å². The summed E-state index contributed by atoms with van der Waals surface area (Å²) in [6, 6.07) is 7.16. The highest BCUT2D eigenvalue weighted by Gasteiger charge is 1.97. The second-order valence-electron chi connectivity index (χ2n) is 5.80. The van der Waals surface area contributed by atoms with Gasteiger partial charge >= 0.3 is 5.97 Å². The first-order chi connectivity index (χ1) is 10.7. The zero-order chi connectivity index (χ0) is 16.0. The van der Waals surface area contributed by atoms with Crippen molar-refractivity contribution in [3.8, 4) is 5.75 Å². The standard InChI is InChI=1S/C18H29NO3/c20-17-13-11-16(12-14-17)19-15-9-7-5-3-1-2-4-6-8-10-18(21)22/h11-14,19-20H,1-10,15H2,(H,21,22). The topological polar surface area (TPSA) is 69.6 Å². The van der Waals surface area contributed by atoms with Gasteiger partial charge in [0.2, 0.25) is 0 Å². The number of carboxylic acids is 1. The lowest BCUT2D eigenvalue weighted by Crippen LogP contribution is -2.00. The lowest BCUT2D eigenvalue weighted by atomic mass is 10.1. The first kappa shape index (κ1) is 18.3. The van der Waals surface area contributed by atoms with Crippen LogP contribution in [0.3, 0.4) is 0 Å². The number of carbonyl (C=O) groups is 1. The van der Waals surface area contributed by atoms with Crippen LogP contribution in [-0.2, 0) is 4.79 Å². The third-order valence-corrected chi connectivity index (χ3v) is 3.76. The molecule has 0 aliphatic rings. The number of aliphatic carboxylic acids is 1. The Morgan fingerprint density at radius 2 is 1.32 bits per heavy atom. The molecule has 4 nitrogen and oxygen atoms in total. The van der Waals surface area contributed by atoms with Gasteiger partial charge in [-0.25, -0.2) is 0 Å². The number of hydrogen-bond acceptors (Lipinski definition) is 3. The van der Waals surface area contributed by atoms with E-state index in [4.69, 9.17) is 5.11 Å². The Bertz CT molecular complexity index is 403. The van der Waals surface area contributed by atoms with E-state index in [1.54, 1.807) is 12.1 Å². The van der Waals surface area contributed by atoms with Gasteiger partial charge in [-0.15, -0.1) is 0 Å². The zero-order valence-electron chi connectivity index (χ0n) is 13.4. The average Bonchev–Trinajstić information content (AvgIpc) is 2.50. The summed E-state index contributed by atoms with van der Waals surface area (Å²) in [6.45, 7) is 0.972. The summed E-state index contributed by atoms with van der Waals surface area (Å²) in [5, 5.41) is 21.1. The van der Waals surface area contributed by atoms with E-state index < -0.39 is 5.97 Å². The molecule has 22 heavy (non-hydrogen) atoms. The van der Waals surface area contributed by atoms with Crippen molar-refractivity contribution in [1.29, 1.82) is 0 Å². The van der Waals surface area contributed by atoms with Crippen LogP contribution >= 0.6 is 0 Å². The molecule has 3 N–H and O–H groups in total. The largest absolute Gasteiger partial charge is 0.508 e. The monoisotopic (exact) mass is 307 g/mol. The summed E-state index contributed by atoms with van der Waals surface area (Å²) < 4.78 is 0. The minimum absolute atomic E-state index is 0.300. The number of aromatic hydroxyl groups is 1. The highest BCUT2D eigenvalue weighted by molar-refractivity contribution is 5.66. The molecule has 0 bridgehead atoms. The predicted molar refractivity (Wildman–Crippen MR) is 90.4 cm³/mol. The van der Waals surface area contributed by atoms with Gasteiger partial charge in [0.15, 0.2) is 0 Å². The number of carboxylic acid groups (broad SMARTS) is 1. The molecule has 0 saturated heterocycles. The van der Waals surface area contributed by atoms with Gasteiger partial charge < -0.3 is 15.5 Å². The maximum Gasteiger partial charge on any atom is 0.303 e. The highest BCUT2D eigenvalue weighted by atomic mass is 16.4. The van der Waals surface area contributed by atoms with Crippen LogP contribution in [0.5, 0.6) is 5.75 Å². The van der Waals surface area contributed by atoms with E-state index in [0.717, 1.165) is 31.5 Å². The molecular formula is C18H29NO3. The van der Waals surface area contributed by atoms with Crippen molar-refractivity contribution in [2.24, 2.45) is 0 Å². The van der Waals surface area contributed by atoms with Crippen LogP contribution in [0.4, 0.5) is 5.69 Å². The number of phenols is 1. The van der Waals surface area contributed by atoms with Crippen LogP contribution in [0, 0.1) is 0 Å². The predicted octanol–water partition coefficient (Wildman–Crippen LogP) is 4.79. The van der Waals surface area contributed by atoms with Gasteiger partial charge in [-0.05, 0) is 37.1 Å². The SMILES string of the molecule is O=C(O)CCCCCCCCCCCNc1ccc(O)cc1. The molecular weight excluding hydrogens is 278 g/mol. The molecule has 0 heterocycles. The fraction of sp³-hybridized carbons (Fsp3) is 0.611. The fourth-order valence-electron chi connectivity index (χ4n) is 2.45. The van der Waals surface area contributed by atoms with Gasteiger partial charge in [0.1, 0.15) is 5.75 Å². The summed E-state index contributed by atoms with van der Waals surface area (Å²) in [6.07, 6.45) is 10.8. The Morgan fingerprint density at radius 1 is 0.818 bits per heavy atom. The Kier molecular flexibility index (Phi) is 9.92. The first-order valence-corrected chi connectivity index (χ1v) is 8.43. The molecule has 124 valence electrons. The molecule has 0 aromatic heterocycles. The lowest BCUT2D eigenvalue weighted by molar-refractivity contribution is -0.137. The third kappa shape index (κ3) is 10.1. The number of nitrogens with one attached hydrogen (secondary N) is 1. The molecule has 0 spiro atoms. The molecule has 1 aromatic carbocycles. The van der Waals surface area contributed by atoms with E-state index in [9.17, 15) is 9.90 Å². The molecule has 0 unspecified atom stereocenters. The molecule has 0 amide bonds. The van der Waals surface area contributed by atoms with Gasteiger partial charge in [0.25, 0.3) is 0 Å². The number of unbranched alkanes of at least 4 members (excludes halogenated alkanes) is 8. The van der Waals surface area contributed by atoms with Gasteiger partial charge in [-0.1, -0.05) is 44.9 Å². The number of hydrogen-bond donors (Lipinski definition) is 3. The summed E-state index contributed by atoms with van der Waals surface area (Å²) in [5.41, 5.74) is 1.05. The highest BCUT2D eigenvalue weighted by Crippen LogP contribution is 2.14. The molecule has 1 aromatic rings. The van der Waals surface area contributed by atoms with Crippen molar-refractivity contribution in [2.75, 3.05) is 11.9 Å². The molecule has 1 rings (SSSR count). The summed E-state index contributed by atoms with van der Waals surface area (Å²) in [4.78, 5) is 10.3. The quantitative estimate of drug-likeness (QED) is 0.362. The Labute approximate surface area is 133 Å². The van der Waals surface area contributed by atoms with Crippen LogP contribution < -0.4 is 5.32 Å². The molecule has 0 radical (unpaired) electrons. The van der Waals surface area contributed by atoms with Crippen molar-refractivity contribution in [1.82, 2.24) is 0 Å². The molecule has 4 heteroatoms. The maximum absolute atomic E-state index is 10.3. The summed E-state index contributed by atoms with van der Waals surface area (Å²) in [5.74, 6) is -0.380. The number of benzene rings is 1. The molecule has 0 fully saturated rings. The Balaban J connectivity index is 1.82. The van der Waals surface area contributed by atoms with Crippen molar-refractivity contribution in [2.45, 2.75) is 64.2 Å². The van der Waals surface area contributed by atoms with Gasteiger partial charge in [0, 0.05) is 18.7 Å². The van der Waals surface area contributed by atoms with Crippen LogP contribution in [0.1, 0.15) is 64.2 Å². The van der Waals surface area contributed by atoms with E-state index in [1.807, 2.05) is 12.1 Å². The number of rotatable bonds is 13. The van der Waals surface area contributed by atoms with Crippen LogP contribution in [0.25, 0.3) is 0 Å². The molecule has 0 aliphatic heterocycles. The van der Waals surface area contributed by atoms with Crippen LogP contribution in [0.15, 0.2) is 24.3 Å². The van der Waals surface area contributed by atoms with Gasteiger partial charge in [0.05, 0.1) is 0 Å². The summed E-state index contributed by atoms with van der Waals surface area (Å²) in [7, 11) is 0. The lowest BCUT2D eigenvalue weighted by Gasteiger charge is -2.06. The second kappa shape index (κ2) is 11.9. The minimum atomic E-state index is -0.680. The minimum Gasteiger partial charge on any atom is -0.508 e. The van der Waals surface area contributed by atoms with Crippen molar-refractivity contribution >= 4 is 11.7 Å². The van der Waals surface area contributed by atoms with Crippen LogP contribution in [-0.4, -0.2) is 22.7 Å². The molecule has 0 aliphatic carbocycles. The molecule has 0 saturated carbocycles. The van der Waals surface area contributed by atoms with Gasteiger partial charge in [-0.3, -0.25) is 4.79 Å². The van der Waals surface area contributed by atoms with Crippen molar-refractivity contribution in [3.05, 3.63) is 24.3 Å².